The zero-order chi connectivity index (χ0) is 16.3. The van der Waals surface area contributed by atoms with Gasteiger partial charge in [-0.15, -0.1) is 0 Å². The zero-order valence-electron chi connectivity index (χ0n) is 15.4. The third-order valence-corrected chi connectivity index (χ3v) is 11.4. The lowest BCUT2D eigenvalue weighted by atomic mass is 9.57. The maximum atomic E-state index is 10.7. The highest BCUT2D eigenvalue weighted by atomic mass is 28.4. The first-order valence-corrected chi connectivity index (χ1v) is 11.6. The third kappa shape index (κ3) is 2.86. The molecule has 2 aliphatic rings. The van der Waals surface area contributed by atoms with Crippen LogP contribution in [0.15, 0.2) is 0 Å². The summed E-state index contributed by atoms with van der Waals surface area (Å²) in [6, 6.07) is 0. The predicted octanol–water partition coefficient (Wildman–Crippen LogP) is 4.97. The van der Waals surface area contributed by atoms with Gasteiger partial charge in [0.2, 0.25) is 0 Å². The van der Waals surface area contributed by atoms with Gasteiger partial charge in [-0.1, -0.05) is 48.0 Å². The number of hydrogen-bond acceptors (Lipinski definition) is 2. The molecule has 124 valence electrons. The van der Waals surface area contributed by atoms with Gasteiger partial charge in [-0.05, 0) is 54.1 Å². The van der Waals surface area contributed by atoms with Gasteiger partial charge in [-0.3, -0.25) is 0 Å². The van der Waals surface area contributed by atoms with Crippen molar-refractivity contribution in [2.24, 2.45) is 16.7 Å². The molecule has 2 nitrogen and oxygen atoms in total. The summed E-state index contributed by atoms with van der Waals surface area (Å²) < 4.78 is 6.78. The molecule has 2 rings (SSSR count). The number of hydrogen-bond donors (Lipinski definition) is 1. The molecule has 0 saturated heterocycles. The maximum absolute atomic E-state index is 10.7. The Hall–Kier alpha value is 0.137. The van der Waals surface area contributed by atoms with Gasteiger partial charge in [-0.2, -0.15) is 0 Å². The van der Waals surface area contributed by atoms with Gasteiger partial charge in [0.1, 0.15) is 0 Å². The Morgan fingerprint density at radius 2 is 1.67 bits per heavy atom. The summed E-state index contributed by atoms with van der Waals surface area (Å²) in [7, 11) is -1.78. The summed E-state index contributed by atoms with van der Waals surface area (Å²) in [6.45, 7) is 18.6. The molecule has 0 aromatic carbocycles. The maximum Gasteiger partial charge on any atom is 0.192 e. The molecule has 0 bridgehead atoms. The highest BCUT2D eigenvalue weighted by Gasteiger charge is 2.60. The second kappa shape index (κ2) is 5.07. The molecule has 0 aliphatic heterocycles. The van der Waals surface area contributed by atoms with Crippen LogP contribution < -0.4 is 0 Å². The molecular weight excluding hydrogens is 276 g/mol. The Morgan fingerprint density at radius 3 is 2.19 bits per heavy atom. The van der Waals surface area contributed by atoms with Crippen LogP contribution in [0.4, 0.5) is 0 Å². The topological polar surface area (TPSA) is 29.5 Å². The van der Waals surface area contributed by atoms with E-state index >= 15 is 0 Å². The molecule has 2 aliphatic carbocycles. The molecule has 0 heterocycles. The molecule has 0 aromatic rings. The van der Waals surface area contributed by atoms with Crippen molar-refractivity contribution in [3.8, 4) is 0 Å². The van der Waals surface area contributed by atoms with Crippen molar-refractivity contribution < 1.29 is 9.53 Å². The zero-order valence-corrected chi connectivity index (χ0v) is 16.4. The third-order valence-electron chi connectivity index (χ3n) is 6.91. The summed E-state index contributed by atoms with van der Waals surface area (Å²) in [5.74, 6) is 0.383. The van der Waals surface area contributed by atoms with Gasteiger partial charge in [0.25, 0.3) is 0 Å². The van der Waals surface area contributed by atoms with Crippen LogP contribution in [0.3, 0.4) is 0 Å². The molecule has 0 aromatic heterocycles. The second-order valence-electron chi connectivity index (χ2n) is 10.00. The highest BCUT2D eigenvalue weighted by Crippen LogP contribution is 2.60. The van der Waals surface area contributed by atoms with Crippen molar-refractivity contribution in [2.45, 2.75) is 97.6 Å². The van der Waals surface area contributed by atoms with Crippen LogP contribution in [0.2, 0.25) is 18.1 Å². The largest absolute Gasteiger partial charge is 0.413 e. The monoisotopic (exact) mass is 312 g/mol. The Kier molecular flexibility index (Phi) is 4.22. The van der Waals surface area contributed by atoms with E-state index < -0.39 is 8.32 Å². The van der Waals surface area contributed by atoms with E-state index in [0.29, 0.717) is 5.92 Å². The van der Waals surface area contributed by atoms with Gasteiger partial charge in [0.05, 0.1) is 12.2 Å². The number of aliphatic hydroxyl groups excluding tert-OH is 1. The summed E-state index contributed by atoms with van der Waals surface area (Å²) in [4.78, 5) is 0. The lowest BCUT2D eigenvalue weighted by Crippen LogP contribution is -2.51. The van der Waals surface area contributed by atoms with Gasteiger partial charge < -0.3 is 9.53 Å². The van der Waals surface area contributed by atoms with Crippen molar-refractivity contribution in [1.82, 2.24) is 0 Å². The number of fused-ring (bicyclic) bond motifs is 1. The first kappa shape index (κ1) is 17.5. The molecule has 21 heavy (non-hydrogen) atoms. The van der Waals surface area contributed by atoms with E-state index in [1.54, 1.807) is 0 Å². The Bertz CT molecular complexity index is 397. The average molecular weight is 313 g/mol. The van der Waals surface area contributed by atoms with Crippen LogP contribution in [-0.2, 0) is 4.43 Å². The SMILES string of the molecule is CC1(C)CCC[C@]2(C)[C@@H](O[Si](C)(C)C(C)(C)C)C[C@@H](O)[C@@H]12. The molecule has 0 unspecified atom stereocenters. The lowest BCUT2D eigenvalue weighted by Gasteiger charge is -2.51. The highest BCUT2D eigenvalue weighted by molar-refractivity contribution is 6.74. The van der Waals surface area contributed by atoms with Crippen LogP contribution in [0.25, 0.3) is 0 Å². The average Bonchev–Trinajstić information content (AvgIpc) is 2.48. The fraction of sp³-hybridized carbons (Fsp3) is 1.00. The molecule has 1 N–H and O–H groups in total. The predicted molar refractivity (Wildman–Crippen MR) is 91.9 cm³/mol. The van der Waals surface area contributed by atoms with Crippen LogP contribution in [0, 0.1) is 16.7 Å². The van der Waals surface area contributed by atoms with E-state index in [4.69, 9.17) is 4.43 Å². The van der Waals surface area contributed by atoms with E-state index in [-0.39, 0.29) is 28.1 Å². The number of aliphatic hydroxyl groups is 1. The van der Waals surface area contributed by atoms with E-state index in [1.807, 2.05) is 0 Å². The van der Waals surface area contributed by atoms with E-state index in [0.717, 1.165) is 6.42 Å². The summed E-state index contributed by atoms with van der Waals surface area (Å²) in [5, 5.41) is 11.0. The molecule has 2 saturated carbocycles. The molecule has 0 spiro atoms. The van der Waals surface area contributed by atoms with Crippen molar-refractivity contribution in [1.29, 1.82) is 0 Å². The van der Waals surface area contributed by atoms with Gasteiger partial charge in [0.15, 0.2) is 8.32 Å². The van der Waals surface area contributed by atoms with Crippen LogP contribution in [-0.4, -0.2) is 25.6 Å². The second-order valence-corrected chi connectivity index (χ2v) is 14.8. The first-order chi connectivity index (χ1) is 9.31. The summed E-state index contributed by atoms with van der Waals surface area (Å²) in [6.07, 6.45) is 4.58. The number of rotatable bonds is 2. The van der Waals surface area contributed by atoms with Crippen LogP contribution >= 0.6 is 0 Å². The smallest absolute Gasteiger partial charge is 0.192 e. The summed E-state index contributed by atoms with van der Waals surface area (Å²) in [5.41, 5.74) is 0.384. The molecule has 4 atom stereocenters. The quantitative estimate of drug-likeness (QED) is 0.729. The molecule has 3 heteroatoms. The van der Waals surface area contributed by atoms with Crippen molar-refractivity contribution >= 4 is 8.32 Å². The standard InChI is InChI=1S/C18H36O2Si/c1-16(2,3)21(7,8)20-14-12-13(19)15-17(4,5)10-9-11-18(14,15)6/h13-15,19H,9-12H2,1-8H3/t13-,14+,15+,18-/m1/s1. The van der Waals surface area contributed by atoms with Crippen molar-refractivity contribution in [3.05, 3.63) is 0 Å². The minimum Gasteiger partial charge on any atom is -0.413 e. The van der Waals surface area contributed by atoms with Crippen molar-refractivity contribution in [3.63, 3.8) is 0 Å². The first-order valence-electron chi connectivity index (χ1n) is 8.67. The fourth-order valence-corrected chi connectivity index (χ4v) is 6.22. The Morgan fingerprint density at radius 1 is 1.10 bits per heavy atom. The normalized spacial score (nSPS) is 40.1. The van der Waals surface area contributed by atoms with E-state index in [2.05, 4.69) is 54.6 Å². The molecule has 0 amide bonds. The lowest BCUT2D eigenvalue weighted by molar-refractivity contribution is -0.0625. The summed E-state index contributed by atoms with van der Waals surface area (Å²) >= 11 is 0. The molecular formula is C18H36O2Si. The molecule has 2 fully saturated rings. The fourth-order valence-electron chi connectivity index (χ4n) is 4.79. The van der Waals surface area contributed by atoms with Gasteiger partial charge in [-0.25, -0.2) is 0 Å². The van der Waals surface area contributed by atoms with Crippen LogP contribution in [0.1, 0.15) is 67.2 Å². The van der Waals surface area contributed by atoms with Crippen molar-refractivity contribution in [2.75, 3.05) is 0 Å². The molecule has 0 radical (unpaired) electrons. The van der Waals surface area contributed by atoms with Gasteiger partial charge >= 0.3 is 0 Å². The minimum absolute atomic E-state index is 0.149. The van der Waals surface area contributed by atoms with Gasteiger partial charge in [0, 0.05) is 0 Å². The minimum atomic E-state index is -1.78. The van der Waals surface area contributed by atoms with Crippen LogP contribution in [0.5, 0.6) is 0 Å². The van der Waals surface area contributed by atoms with E-state index in [9.17, 15) is 5.11 Å². The Labute approximate surface area is 132 Å². The van der Waals surface area contributed by atoms with E-state index in [1.165, 1.54) is 19.3 Å². The Balaban J connectivity index is 2.27.